The maximum absolute atomic E-state index is 12.4. The van der Waals surface area contributed by atoms with Crippen molar-refractivity contribution in [1.29, 1.82) is 0 Å². The summed E-state index contributed by atoms with van der Waals surface area (Å²) in [5.41, 5.74) is 5.28. The van der Waals surface area contributed by atoms with Crippen molar-refractivity contribution in [3.05, 3.63) is 69.3 Å². The molecule has 0 aliphatic carbocycles. The Kier molecular flexibility index (Phi) is 5.32. The third-order valence-corrected chi connectivity index (χ3v) is 7.58. The number of hydrogen-bond acceptors (Lipinski definition) is 3. The summed E-state index contributed by atoms with van der Waals surface area (Å²) in [6.45, 7) is 6.75. The first-order chi connectivity index (χ1) is 14.1. The summed E-state index contributed by atoms with van der Waals surface area (Å²) >= 11 is 1.45. The molecule has 0 aliphatic heterocycles. The molecule has 2 aromatic carbocycles. The maximum atomic E-state index is 12.4. The van der Waals surface area contributed by atoms with Crippen LogP contribution in [0.3, 0.4) is 0 Å². The fraction of sp³-hybridized carbons (Fsp3) is 0.320. The lowest BCUT2D eigenvalue weighted by molar-refractivity contribution is 0.282. The van der Waals surface area contributed by atoms with E-state index in [-0.39, 0.29) is 17.6 Å². The van der Waals surface area contributed by atoms with Gasteiger partial charge in [0.15, 0.2) is 0 Å². The van der Waals surface area contributed by atoms with Crippen LogP contribution in [0.2, 0.25) is 0 Å². The van der Waals surface area contributed by atoms with E-state index in [0.717, 1.165) is 56.9 Å². The average molecular weight is 406 g/mol. The quantitative estimate of drug-likeness (QED) is 0.391. The van der Waals surface area contributed by atoms with Crippen molar-refractivity contribution in [2.75, 3.05) is 0 Å². The number of rotatable bonds is 6. The highest BCUT2D eigenvalue weighted by atomic mass is 32.1. The summed E-state index contributed by atoms with van der Waals surface area (Å²) in [5.74, 6) is 0. The molecule has 2 heterocycles. The van der Waals surface area contributed by atoms with Crippen LogP contribution >= 0.6 is 11.3 Å². The van der Waals surface area contributed by atoms with Crippen LogP contribution in [-0.2, 0) is 12.0 Å². The number of fused-ring (bicyclic) bond motifs is 3. The lowest BCUT2D eigenvalue weighted by atomic mass is 9.73. The van der Waals surface area contributed by atoms with Crippen LogP contribution < -0.4 is 5.56 Å². The molecule has 0 atom stereocenters. The van der Waals surface area contributed by atoms with Gasteiger partial charge in [-0.25, -0.2) is 0 Å². The number of thiophene rings is 1. The predicted octanol–water partition coefficient (Wildman–Crippen LogP) is 6.37. The van der Waals surface area contributed by atoms with Crippen LogP contribution in [0, 0.1) is 0 Å². The smallest absolute Gasteiger partial charge is 0.266 e. The molecule has 0 unspecified atom stereocenters. The Balaban J connectivity index is 1.98. The van der Waals surface area contributed by atoms with Crippen LogP contribution in [0.4, 0.5) is 0 Å². The molecular weight excluding hydrogens is 378 g/mol. The minimum atomic E-state index is -0.0563. The predicted molar refractivity (Wildman–Crippen MR) is 124 cm³/mol. The summed E-state index contributed by atoms with van der Waals surface area (Å²) < 4.78 is 0.729. The van der Waals surface area contributed by atoms with Gasteiger partial charge in [0.05, 0.1) is 6.61 Å². The third kappa shape index (κ3) is 3.11. The monoisotopic (exact) mass is 405 g/mol. The summed E-state index contributed by atoms with van der Waals surface area (Å²) in [6.07, 6.45) is 3.35. The Bertz CT molecular complexity index is 1210. The van der Waals surface area contributed by atoms with E-state index >= 15 is 0 Å². The Morgan fingerprint density at radius 1 is 0.966 bits per heavy atom. The zero-order chi connectivity index (χ0) is 20.6. The van der Waals surface area contributed by atoms with Crippen LogP contribution in [-0.4, -0.2) is 10.1 Å². The zero-order valence-corrected chi connectivity index (χ0v) is 18.0. The minimum absolute atomic E-state index is 0.0411. The molecule has 0 saturated heterocycles. The molecule has 4 aromatic rings. The summed E-state index contributed by atoms with van der Waals surface area (Å²) in [7, 11) is 0. The Morgan fingerprint density at radius 3 is 2.28 bits per heavy atom. The van der Waals surface area contributed by atoms with Crippen molar-refractivity contribution < 1.29 is 5.11 Å². The van der Waals surface area contributed by atoms with Crippen molar-refractivity contribution in [2.24, 2.45) is 0 Å². The molecule has 150 valence electrons. The SMILES string of the molecule is CCC(CC)(CC)c1ccc(-c2c(CO)ccc3[nH]c(=O)c4sccc4c23)cc1. The highest BCUT2D eigenvalue weighted by Gasteiger charge is 2.26. The number of hydrogen-bond donors (Lipinski definition) is 2. The van der Waals surface area contributed by atoms with Crippen molar-refractivity contribution in [1.82, 2.24) is 4.98 Å². The molecule has 2 N–H and O–H groups in total. The van der Waals surface area contributed by atoms with E-state index in [1.165, 1.54) is 16.9 Å². The van der Waals surface area contributed by atoms with E-state index in [1.54, 1.807) is 0 Å². The highest BCUT2D eigenvalue weighted by molar-refractivity contribution is 7.17. The highest BCUT2D eigenvalue weighted by Crippen LogP contribution is 2.39. The van der Waals surface area contributed by atoms with Gasteiger partial charge in [0, 0.05) is 16.3 Å². The second-order valence-electron chi connectivity index (χ2n) is 7.72. The topological polar surface area (TPSA) is 53.1 Å². The van der Waals surface area contributed by atoms with Gasteiger partial charge in [0.25, 0.3) is 5.56 Å². The van der Waals surface area contributed by atoms with E-state index in [2.05, 4.69) is 50.0 Å². The molecule has 29 heavy (non-hydrogen) atoms. The van der Waals surface area contributed by atoms with E-state index < -0.39 is 0 Å². The molecule has 0 saturated carbocycles. The third-order valence-electron chi connectivity index (χ3n) is 6.67. The van der Waals surface area contributed by atoms with Gasteiger partial charge in [0.2, 0.25) is 0 Å². The van der Waals surface area contributed by atoms with Gasteiger partial charge in [-0.15, -0.1) is 11.3 Å². The molecule has 4 heteroatoms. The van der Waals surface area contributed by atoms with Crippen molar-refractivity contribution in [3.8, 4) is 11.1 Å². The zero-order valence-electron chi connectivity index (χ0n) is 17.2. The van der Waals surface area contributed by atoms with Crippen molar-refractivity contribution >= 4 is 32.3 Å². The lowest BCUT2D eigenvalue weighted by Crippen LogP contribution is -2.23. The normalized spacial score (nSPS) is 12.1. The van der Waals surface area contributed by atoms with Crippen molar-refractivity contribution in [2.45, 2.75) is 52.1 Å². The first-order valence-corrected chi connectivity index (χ1v) is 11.2. The first-order valence-electron chi connectivity index (χ1n) is 10.3. The molecule has 0 amide bonds. The largest absolute Gasteiger partial charge is 0.392 e. The fourth-order valence-electron chi connectivity index (χ4n) is 4.71. The number of benzene rings is 2. The first kappa shape index (κ1) is 19.9. The van der Waals surface area contributed by atoms with Crippen molar-refractivity contribution in [3.63, 3.8) is 0 Å². The van der Waals surface area contributed by atoms with E-state index in [4.69, 9.17) is 0 Å². The molecule has 0 bridgehead atoms. The molecule has 0 radical (unpaired) electrons. The van der Waals surface area contributed by atoms with Gasteiger partial charge in [-0.3, -0.25) is 4.79 Å². The van der Waals surface area contributed by atoms with Crippen LogP contribution in [0.25, 0.3) is 32.1 Å². The Labute approximate surface area is 175 Å². The van der Waals surface area contributed by atoms with Gasteiger partial charge in [0.1, 0.15) is 4.70 Å². The van der Waals surface area contributed by atoms with Crippen LogP contribution in [0.15, 0.2) is 52.6 Å². The molecule has 0 aliphatic rings. The molecular formula is C25H27NO2S. The molecule has 0 spiro atoms. The van der Waals surface area contributed by atoms with Crippen LogP contribution in [0.1, 0.15) is 51.2 Å². The minimum Gasteiger partial charge on any atom is -0.392 e. The molecule has 4 rings (SSSR count). The number of aromatic amines is 1. The number of pyridine rings is 1. The maximum Gasteiger partial charge on any atom is 0.266 e. The van der Waals surface area contributed by atoms with Gasteiger partial charge < -0.3 is 10.1 Å². The Morgan fingerprint density at radius 2 is 1.66 bits per heavy atom. The van der Waals surface area contributed by atoms with E-state index in [9.17, 15) is 9.90 Å². The van der Waals surface area contributed by atoms with E-state index in [1.807, 2.05) is 23.6 Å². The van der Waals surface area contributed by atoms with E-state index in [0.29, 0.717) is 0 Å². The number of H-pyrrole nitrogens is 1. The number of aromatic nitrogens is 1. The number of aliphatic hydroxyl groups is 1. The fourth-order valence-corrected chi connectivity index (χ4v) is 5.50. The second kappa shape index (κ2) is 7.77. The van der Waals surface area contributed by atoms with Crippen LogP contribution in [0.5, 0.6) is 0 Å². The summed E-state index contributed by atoms with van der Waals surface area (Å²) in [4.78, 5) is 15.4. The standard InChI is InChI=1S/C25H27NO2S/c1-4-25(5-2,6-3)18-10-7-16(8-11-18)21-17(15-27)9-12-20-22(21)19-13-14-29-23(19)24(28)26-20/h7-14,27H,4-6,15H2,1-3H3,(H,26,28). The van der Waals surface area contributed by atoms with Gasteiger partial charge in [-0.2, -0.15) is 0 Å². The van der Waals surface area contributed by atoms with Gasteiger partial charge in [-0.1, -0.05) is 51.1 Å². The van der Waals surface area contributed by atoms with Gasteiger partial charge >= 0.3 is 0 Å². The number of aliphatic hydroxyl groups excluding tert-OH is 1. The molecule has 2 aromatic heterocycles. The molecule has 3 nitrogen and oxygen atoms in total. The lowest BCUT2D eigenvalue weighted by Gasteiger charge is -2.31. The average Bonchev–Trinajstić information content (AvgIpc) is 3.26. The van der Waals surface area contributed by atoms with Gasteiger partial charge in [-0.05, 0) is 64.4 Å². The molecule has 0 fully saturated rings. The Hall–Kier alpha value is -2.43. The second-order valence-corrected chi connectivity index (χ2v) is 8.63. The summed E-state index contributed by atoms with van der Waals surface area (Å²) in [5, 5.41) is 14.0. The number of nitrogens with one attached hydrogen (secondary N) is 1. The summed E-state index contributed by atoms with van der Waals surface area (Å²) in [6, 6.07) is 14.6.